The minimum Gasteiger partial charge on any atom is -0.390 e. The number of aliphatic hydroxyl groups is 3. The van der Waals surface area contributed by atoms with Gasteiger partial charge in [-0.3, -0.25) is 4.79 Å². The molecule has 33 heavy (non-hydrogen) atoms. The number of hydrogen-bond donors (Lipinski definition) is 4. The lowest BCUT2D eigenvalue weighted by Gasteiger charge is -2.16. The number of amides is 1. The summed E-state index contributed by atoms with van der Waals surface area (Å²) in [6.07, 6.45) is 27.3. The third-order valence-electron chi connectivity index (χ3n) is 4.87. The Morgan fingerprint density at radius 3 is 2.48 bits per heavy atom. The van der Waals surface area contributed by atoms with Gasteiger partial charge in [0.25, 0.3) is 0 Å². The summed E-state index contributed by atoms with van der Waals surface area (Å²) in [7, 11) is 0. The summed E-state index contributed by atoms with van der Waals surface area (Å²) in [5, 5.41) is 33.1. The number of nitrogens with one attached hydrogen (secondary N) is 1. The van der Waals surface area contributed by atoms with E-state index in [1.165, 1.54) is 12.2 Å². The average Bonchev–Trinajstić information content (AvgIpc) is 2.78. The van der Waals surface area contributed by atoms with Crippen molar-refractivity contribution in [3.8, 4) is 0 Å². The lowest BCUT2D eigenvalue weighted by Crippen LogP contribution is -2.32. The number of carbonyl (C=O) groups excluding carboxylic acids is 1. The molecule has 0 fully saturated rings. The zero-order valence-corrected chi connectivity index (χ0v) is 19.8. The lowest BCUT2D eigenvalue weighted by molar-refractivity contribution is -0.117. The maximum Gasteiger partial charge on any atom is 0.244 e. The lowest BCUT2D eigenvalue weighted by atomic mass is 10.1. The summed E-state index contributed by atoms with van der Waals surface area (Å²) >= 11 is 0. The predicted octanol–water partition coefficient (Wildman–Crippen LogP) is 4.38. The molecule has 5 heteroatoms. The molecule has 1 aliphatic rings. The van der Waals surface area contributed by atoms with Crippen LogP contribution in [-0.4, -0.2) is 45.6 Å². The highest BCUT2D eigenvalue weighted by Crippen LogP contribution is 2.07. The number of unbranched alkanes of at least 4 members (excludes halogenated alkanes) is 1. The maximum absolute atomic E-state index is 12.3. The molecule has 180 valence electrons. The van der Waals surface area contributed by atoms with Gasteiger partial charge in [-0.1, -0.05) is 104 Å². The van der Waals surface area contributed by atoms with Gasteiger partial charge in [-0.2, -0.15) is 0 Å². The molecule has 0 aromatic rings. The van der Waals surface area contributed by atoms with Crippen LogP contribution in [0.2, 0.25) is 0 Å². The molecule has 0 aromatic heterocycles. The molecule has 0 unspecified atom stereocenters. The van der Waals surface area contributed by atoms with Gasteiger partial charge in [0.15, 0.2) is 0 Å². The van der Waals surface area contributed by atoms with Gasteiger partial charge in [-0.25, -0.2) is 0 Å². The van der Waals surface area contributed by atoms with Crippen molar-refractivity contribution in [2.24, 2.45) is 0 Å². The zero-order valence-electron chi connectivity index (χ0n) is 19.8. The minimum absolute atomic E-state index is 0.00135. The highest BCUT2D eigenvalue weighted by Gasteiger charge is 2.16. The first-order chi connectivity index (χ1) is 15.9. The molecule has 0 radical (unpaired) electrons. The molecule has 0 aromatic carbocycles. The Kier molecular flexibility index (Phi) is 15.3. The topological polar surface area (TPSA) is 89.8 Å². The zero-order chi connectivity index (χ0) is 24.3. The summed E-state index contributed by atoms with van der Waals surface area (Å²) in [6, 6.07) is -0.00135. The first-order valence-electron chi connectivity index (χ1n) is 11.6. The summed E-state index contributed by atoms with van der Waals surface area (Å²) in [6.45, 7) is 4.11. The van der Waals surface area contributed by atoms with E-state index in [-0.39, 0.29) is 18.4 Å². The van der Waals surface area contributed by atoms with Gasteiger partial charge in [0.05, 0.1) is 18.3 Å². The summed E-state index contributed by atoms with van der Waals surface area (Å²) in [4.78, 5) is 12.3. The van der Waals surface area contributed by atoms with Crippen molar-refractivity contribution in [2.45, 2.75) is 70.3 Å². The predicted molar refractivity (Wildman–Crippen MR) is 136 cm³/mol. The molecule has 4 N–H and O–H groups in total. The molecular formula is C28H39NO4. The Bertz CT molecular complexity index is 799. The molecule has 0 saturated heterocycles. The van der Waals surface area contributed by atoms with Crippen molar-refractivity contribution < 1.29 is 20.1 Å². The second-order valence-corrected chi connectivity index (χ2v) is 8.01. The van der Waals surface area contributed by atoms with E-state index in [9.17, 15) is 20.1 Å². The third kappa shape index (κ3) is 14.9. The molecule has 5 nitrogen and oxygen atoms in total. The molecule has 1 amide bonds. The van der Waals surface area contributed by atoms with E-state index < -0.39 is 18.3 Å². The van der Waals surface area contributed by atoms with Crippen LogP contribution < -0.4 is 5.32 Å². The highest BCUT2D eigenvalue weighted by atomic mass is 16.3. The molecule has 0 spiro atoms. The molecule has 4 atom stereocenters. The van der Waals surface area contributed by atoms with Gasteiger partial charge in [0.1, 0.15) is 0 Å². The number of aliphatic hydroxyl groups excluding tert-OH is 3. The van der Waals surface area contributed by atoms with Gasteiger partial charge in [0.2, 0.25) is 5.91 Å². The van der Waals surface area contributed by atoms with E-state index >= 15 is 0 Å². The van der Waals surface area contributed by atoms with Crippen LogP contribution in [0.25, 0.3) is 0 Å². The summed E-state index contributed by atoms with van der Waals surface area (Å²) in [5.41, 5.74) is 1.03. The van der Waals surface area contributed by atoms with Crippen LogP contribution >= 0.6 is 0 Å². The van der Waals surface area contributed by atoms with Crippen LogP contribution in [-0.2, 0) is 4.79 Å². The minimum atomic E-state index is -1.10. The number of allylic oxidation sites excluding steroid dienone is 11. The maximum atomic E-state index is 12.3. The molecule has 0 aliphatic carbocycles. The summed E-state index contributed by atoms with van der Waals surface area (Å²) in [5.74, 6) is -0.168. The molecular weight excluding hydrogens is 414 g/mol. The third-order valence-corrected chi connectivity index (χ3v) is 4.87. The van der Waals surface area contributed by atoms with Crippen molar-refractivity contribution >= 4 is 5.91 Å². The van der Waals surface area contributed by atoms with E-state index in [0.29, 0.717) is 6.42 Å². The smallest absolute Gasteiger partial charge is 0.244 e. The molecule has 0 bridgehead atoms. The Morgan fingerprint density at radius 2 is 1.70 bits per heavy atom. The molecule has 1 heterocycles. The Balaban J connectivity index is 2.96. The molecule has 1 aliphatic heterocycles. The normalized spacial score (nSPS) is 33.5. The van der Waals surface area contributed by atoms with E-state index in [1.54, 1.807) is 36.5 Å². The second-order valence-electron chi connectivity index (χ2n) is 8.01. The fraction of sp³-hybridized carbons (Fsp3) is 0.393. The van der Waals surface area contributed by atoms with Crippen LogP contribution in [0.1, 0.15) is 46.0 Å². The van der Waals surface area contributed by atoms with E-state index in [4.69, 9.17) is 0 Å². The quantitative estimate of drug-likeness (QED) is 0.476. The first kappa shape index (κ1) is 28.3. The first-order valence-corrected chi connectivity index (χ1v) is 11.6. The fourth-order valence-electron chi connectivity index (χ4n) is 2.97. The van der Waals surface area contributed by atoms with Gasteiger partial charge >= 0.3 is 0 Å². The number of hydrogen-bond acceptors (Lipinski definition) is 4. The number of rotatable bonds is 4. The van der Waals surface area contributed by atoms with Crippen LogP contribution in [0.5, 0.6) is 0 Å². The Hall–Kier alpha value is -2.73. The molecule has 0 saturated carbocycles. The van der Waals surface area contributed by atoms with Crippen molar-refractivity contribution in [2.75, 3.05) is 0 Å². The van der Waals surface area contributed by atoms with E-state index in [2.05, 4.69) is 24.4 Å². The Labute approximate surface area is 198 Å². The van der Waals surface area contributed by atoms with Crippen LogP contribution in [0.15, 0.2) is 96.7 Å². The van der Waals surface area contributed by atoms with Crippen molar-refractivity contribution in [3.05, 3.63) is 96.7 Å². The van der Waals surface area contributed by atoms with Crippen molar-refractivity contribution in [1.29, 1.82) is 0 Å². The monoisotopic (exact) mass is 453 g/mol. The van der Waals surface area contributed by atoms with Gasteiger partial charge < -0.3 is 20.6 Å². The average molecular weight is 454 g/mol. The molecule has 1 rings (SSSR count). The highest BCUT2D eigenvalue weighted by molar-refractivity contribution is 5.88. The van der Waals surface area contributed by atoms with Crippen molar-refractivity contribution in [1.82, 2.24) is 5.32 Å². The van der Waals surface area contributed by atoms with Crippen LogP contribution in [0, 0.1) is 0 Å². The largest absolute Gasteiger partial charge is 0.390 e. The van der Waals surface area contributed by atoms with Gasteiger partial charge in [-0.05, 0) is 26.2 Å². The number of carbonyl (C=O) groups is 1. The SMILES string of the molecule is CCC/C=C/C[C@H]1C/C=C/C=C(C)/C=C/C=C\[C@@H](O)C[C@@H](O)[C@@H](O)/C=C/C=C/C=C/C(=O)N1. The van der Waals surface area contributed by atoms with Crippen molar-refractivity contribution in [3.63, 3.8) is 0 Å². The fourth-order valence-corrected chi connectivity index (χ4v) is 2.97. The van der Waals surface area contributed by atoms with Crippen LogP contribution in [0.4, 0.5) is 0 Å². The summed E-state index contributed by atoms with van der Waals surface area (Å²) < 4.78 is 0. The van der Waals surface area contributed by atoms with Gasteiger partial charge in [0, 0.05) is 18.5 Å². The van der Waals surface area contributed by atoms with Gasteiger partial charge in [-0.15, -0.1) is 0 Å². The second kappa shape index (κ2) is 17.8. The van der Waals surface area contributed by atoms with E-state index in [1.807, 2.05) is 37.3 Å². The standard InChI is InChI=1S/C28H39NO4/c1-3-4-5-8-17-24-18-13-11-15-23(2)16-12-14-19-25(30)22-27(32)26(31)20-9-6-7-10-21-28(33)29-24/h5-16,19-21,24-27,30-32H,3-4,17-18,22H2,1-2H3,(H,29,33)/b7-6+,8-5+,13-11+,16-12+,19-14-,20-9+,21-10+,23-15+/t24-,25+,26-,27+/m0/s1. The van der Waals surface area contributed by atoms with Crippen LogP contribution in [0.3, 0.4) is 0 Å². The van der Waals surface area contributed by atoms with E-state index in [0.717, 1.165) is 24.8 Å². The Morgan fingerprint density at radius 1 is 0.970 bits per heavy atom.